The van der Waals surface area contributed by atoms with Crippen molar-refractivity contribution in [2.75, 3.05) is 0 Å². The standard InChI is InChI=1S/C22H20ClNO3S/c1-16-12-13-20(23)21(14-16)28(26,27)24-22(25)15-19(17-8-4-2-5-9-17)18-10-6-3-7-11-18/h2-14,19H,15H2,1H3,(H,24,25). The molecule has 0 aliphatic rings. The fourth-order valence-corrected chi connectivity index (χ4v) is 4.63. The van der Waals surface area contributed by atoms with Gasteiger partial charge in [-0.1, -0.05) is 78.3 Å². The molecule has 3 rings (SSSR count). The minimum atomic E-state index is -4.05. The van der Waals surface area contributed by atoms with Crippen LogP contribution in [0.5, 0.6) is 0 Å². The summed E-state index contributed by atoms with van der Waals surface area (Å²) in [5.74, 6) is -0.846. The molecule has 6 heteroatoms. The van der Waals surface area contributed by atoms with Crippen LogP contribution in [0.4, 0.5) is 0 Å². The molecule has 0 aliphatic carbocycles. The first-order chi connectivity index (χ1) is 13.4. The summed E-state index contributed by atoms with van der Waals surface area (Å²) >= 11 is 6.03. The lowest BCUT2D eigenvalue weighted by Gasteiger charge is -2.18. The first-order valence-electron chi connectivity index (χ1n) is 8.78. The first kappa shape index (κ1) is 20.1. The third-order valence-corrected chi connectivity index (χ3v) is 6.27. The van der Waals surface area contributed by atoms with E-state index in [9.17, 15) is 13.2 Å². The Bertz CT molecular complexity index is 1030. The molecule has 28 heavy (non-hydrogen) atoms. The Balaban J connectivity index is 1.86. The smallest absolute Gasteiger partial charge is 0.265 e. The van der Waals surface area contributed by atoms with Gasteiger partial charge in [0.2, 0.25) is 5.91 Å². The van der Waals surface area contributed by atoms with Crippen molar-refractivity contribution in [3.8, 4) is 0 Å². The van der Waals surface area contributed by atoms with Crippen LogP contribution in [0.25, 0.3) is 0 Å². The lowest BCUT2D eigenvalue weighted by Crippen LogP contribution is -2.32. The second kappa shape index (κ2) is 8.59. The molecule has 0 bridgehead atoms. The van der Waals surface area contributed by atoms with Crippen molar-refractivity contribution in [1.29, 1.82) is 0 Å². The molecular weight excluding hydrogens is 394 g/mol. The highest BCUT2D eigenvalue weighted by Crippen LogP contribution is 2.28. The Morgan fingerprint density at radius 2 is 1.46 bits per heavy atom. The average Bonchev–Trinajstić information content (AvgIpc) is 2.69. The van der Waals surface area contributed by atoms with Crippen molar-refractivity contribution in [2.24, 2.45) is 0 Å². The molecule has 144 valence electrons. The van der Waals surface area contributed by atoms with E-state index in [4.69, 9.17) is 11.6 Å². The number of halogens is 1. The molecule has 0 aliphatic heterocycles. The topological polar surface area (TPSA) is 63.2 Å². The number of hydrogen-bond donors (Lipinski definition) is 1. The minimum absolute atomic E-state index is 0.00328. The van der Waals surface area contributed by atoms with Crippen molar-refractivity contribution in [1.82, 2.24) is 4.72 Å². The van der Waals surface area contributed by atoms with E-state index in [1.165, 1.54) is 12.1 Å². The van der Waals surface area contributed by atoms with E-state index in [-0.39, 0.29) is 22.3 Å². The highest BCUT2D eigenvalue weighted by Gasteiger charge is 2.24. The molecule has 0 heterocycles. The number of carbonyl (C=O) groups excluding carboxylic acids is 1. The van der Waals surface area contributed by atoms with Gasteiger partial charge in [-0.25, -0.2) is 13.1 Å². The van der Waals surface area contributed by atoms with Crippen LogP contribution in [0.2, 0.25) is 5.02 Å². The largest absolute Gasteiger partial charge is 0.274 e. The van der Waals surface area contributed by atoms with E-state index in [0.29, 0.717) is 0 Å². The molecular formula is C22H20ClNO3S. The summed E-state index contributed by atoms with van der Waals surface area (Å²) in [5.41, 5.74) is 2.62. The Labute approximate surface area is 170 Å². The zero-order valence-electron chi connectivity index (χ0n) is 15.3. The van der Waals surface area contributed by atoms with Gasteiger partial charge in [0, 0.05) is 12.3 Å². The van der Waals surface area contributed by atoms with Crippen molar-refractivity contribution >= 4 is 27.5 Å². The Morgan fingerprint density at radius 3 is 2.00 bits per heavy atom. The van der Waals surface area contributed by atoms with Gasteiger partial charge in [-0.2, -0.15) is 0 Å². The molecule has 3 aromatic rings. The van der Waals surface area contributed by atoms with E-state index in [1.807, 2.05) is 60.7 Å². The fraction of sp³-hybridized carbons (Fsp3) is 0.136. The summed E-state index contributed by atoms with van der Waals surface area (Å²) in [6, 6.07) is 23.8. The quantitative estimate of drug-likeness (QED) is 0.638. The van der Waals surface area contributed by atoms with Crippen molar-refractivity contribution in [3.05, 3.63) is 101 Å². The average molecular weight is 414 g/mol. The Morgan fingerprint density at radius 1 is 0.929 bits per heavy atom. The lowest BCUT2D eigenvalue weighted by molar-refractivity contribution is -0.119. The van der Waals surface area contributed by atoms with Gasteiger partial charge in [0.25, 0.3) is 10.0 Å². The molecule has 0 atom stereocenters. The first-order valence-corrected chi connectivity index (χ1v) is 10.6. The number of amides is 1. The van der Waals surface area contributed by atoms with Gasteiger partial charge in [-0.15, -0.1) is 0 Å². The van der Waals surface area contributed by atoms with Crippen molar-refractivity contribution < 1.29 is 13.2 Å². The van der Waals surface area contributed by atoms with Crippen LogP contribution in [0, 0.1) is 6.92 Å². The molecule has 0 aromatic heterocycles. The number of rotatable bonds is 6. The third-order valence-electron chi connectivity index (χ3n) is 4.42. The van der Waals surface area contributed by atoms with Crippen LogP contribution in [0.3, 0.4) is 0 Å². The Hall–Kier alpha value is -2.63. The van der Waals surface area contributed by atoms with Gasteiger partial charge in [0.05, 0.1) is 5.02 Å². The van der Waals surface area contributed by atoms with Gasteiger partial charge < -0.3 is 0 Å². The molecule has 4 nitrogen and oxygen atoms in total. The number of aryl methyl sites for hydroxylation is 1. The summed E-state index contributed by atoms with van der Waals surface area (Å²) in [6.45, 7) is 1.76. The molecule has 3 aromatic carbocycles. The summed E-state index contributed by atoms with van der Waals surface area (Å²) < 4.78 is 27.5. The molecule has 0 radical (unpaired) electrons. The maximum Gasteiger partial charge on any atom is 0.265 e. The summed E-state index contributed by atoms with van der Waals surface area (Å²) in [4.78, 5) is 12.6. The van der Waals surface area contributed by atoms with Gasteiger partial charge in [0.1, 0.15) is 4.90 Å². The number of sulfonamides is 1. The molecule has 1 amide bonds. The number of hydrogen-bond acceptors (Lipinski definition) is 3. The third kappa shape index (κ3) is 4.80. The molecule has 0 unspecified atom stereocenters. The lowest BCUT2D eigenvalue weighted by atomic mass is 9.88. The molecule has 0 saturated carbocycles. The normalized spacial score (nSPS) is 11.4. The molecule has 0 fully saturated rings. The van der Waals surface area contributed by atoms with E-state index in [1.54, 1.807) is 13.0 Å². The monoisotopic (exact) mass is 413 g/mol. The maximum absolute atomic E-state index is 12.7. The maximum atomic E-state index is 12.7. The zero-order chi connectivity index (χ0) is 20.1. The van der Waals surface area contributed by atoms with E-state index < -0.39 is 15.9 Å². The minimum Gasteiger partial charge on any atom is -0.274 e. The van der Waals surface area contributed by atoms with E-state index in [2.05, 4.69) is 4.72 Å². The fourth-order valence-electron chi connectivity index (χ4n) is 3.05. The summed E-state index contributed by atoms with van der Waals surface area (Å²) in [7, 11) is -4.05. The summed E-state index contributed by atoms with van der Waals surface area (Å²) in [6.07, 6.45) is -0.00328. The summed E-state index contributed by atoms with van der Waals surface area (Å²) in [5, 5.41) is 0.0774. The highest BCUT2D eigenvalue weighted by atomic mass is 35.5. The Kier molecular flexibility index (Phi) is 6.17. The molecule has 0 spiro atoms. The zero-order valence-corrected chi connectivity index (χ0v) is 16.9. The van der Waals surface area contributed by atoms with Gasteiger partial charge in [0.15, 0.2) is 0 Å². The molecule has 1 N–H and O–H groups in total. The number of benzene rings is 3. The number of nitrogens with one attached hydrogen (secondary N) is 1. The van der Waals surface area contributed by atoms with Crippen LogP contribution in [0.1, 0.15) is 29.0 Å². The van der Waals surface area contributed by atoms with Gasteiger partial charge in [-0.05, 0) is 35.7 Å². The van der Waals surface area contributed by atoms with E-state index >= 15 is 0 Å². The van der Waals surface area contributed by atoms with Crippen LogP contribution in [-0.4, -0.2) is 14.3 Å². The van der Waals surface area contributed by atoms with Gasteiger partial charge in [-0.3, -0.25) is 4.79 Å². The predicted molar refractivity (Wildman–Crippen MR) is 111 cm³/mol. The van der Waals surface area contributed by atoms with Crippen molar-refractivity contribution in [2.45, 2.75) is 24.2 Å². The van der Waals surface area contributed by atoms with Crippen LogP contribution >= 0.6 is 11.6 Å². The van der Waals surface area contributed by atoms with Crippen LogP contribution < -0.4 is 4.72 Å². The van der Waals surface area contributed by atoms with Crippen molar-refractivity contribution in [3.63, 3.8) is 0 Å². The SMILES string of the molecule is Cc1ccc(Cl)c(S(=O)(=O)NC(=O)CC(c2ccccc2)c2ccccc2)c1. The second-order valence-corrected chi connectivity index (χ2v) is 8.60. The van der Waals surface area contributed by atoms with E-state index in [0.717, 1.165) is 16.7 Å². The van der Waals surface area contributed by atoms with Gasteiger partial charge >= 0.3 is 0 Å². The second-order valence-electron chi connectivity index (χ2n) is 6.54. The number of carbonyl (C=O) groups is 1. The molecule has 0 saturated heterocycles. The van der Waals surface area contributed by atoms with Crippen LogP contribution in [0.15, 0.2) is 83.8 Å². The predicted octanol–water partition coefficient (Wildman–Crippen LogP) is 4.68. The van der Waals surface area contributed by atoms with Crippen LogP contribution in [-0.2, 0) is 14.8 Å². The highest BCUT2D eigenvalue weighted by molar-refractivity contribution is 7.90.